The third-order valence-corrected chi connectivity index (χ3v) is 6.58. The normalized spacial score (nSPS) is 24.9. The quantitative estimate of drug-likeness (QED) is 0.608. The van der Waals surface area contributed by atoms with Crippen LogP contribution in [0.3, 0.4) is 0 Å². The van der Waals surface area contributed by atoms with Crippen molar-refractivity contribution < 1.29 is 4.74 Å². The number of nitrogens with zero attached hydrogens (tertiary/aromatic N) is 2. The second-order valence-corrected chi connectivity index (χ2v) is 8.16. The second kappa shape index (κ2) is 7.37. The first-order chi connectivity index (χ1) is 12.7. The summed E-state index contributed by atoms with van der Waals surface area (Å²) in [6, 6.07) is 8.70. The van der Waals surface area contributed by atoms with Gasteiger partial charge in [-0.1, -0.05) is 18.6 Å². The molecule has 1 aliphatic heterocycles. The molecule has 142 valence electrons. The van der Waals surface area contributed by atoms with Crippen LogP contribution in [0.1, 0.15) is 38.5 Å². The van der Waals surface area contributed by atoms with Gasteiger partial charge in [-0.05, 0) is 55.6 Å². The molecule has 5 heteroatoms. The molecule has 5 nitrogen and oxygen atoms in total. The Hall–Kier alpha value is -1.91. The number of benzene rings is 1. The number of aliphatic imine (C=N–C) groups is 1. The molecule has 1 aromatic carbocycles. The Morgan fingerprint density at radius 2 is 2.08 bits per heavy atom. The van der Waals surface area contributed by atoms with Gasteiger partial charge in [0.2, 0.25) is 0 Å². The highest BCUT2D eigenvalue weighted by molar-refractivity contribution is 5.80. The smallest absolute Gasteiger partial charge is 0.191 e. The average molecular weight is 357 g/mol. The van der Waals surface area contributed by atoms with Gasteiger partial charge in [-0.25, -0.2) is 0 Å². The first-order valence-corrected chi connectivity index (χ1v) is 10.1. The highest BCUT2D eigenvalue weighted by atomic mass is 16.5. The molecule has 0 amide bonds. The molecule has 0 spiro atoms. The van der Waals surface area contributed by atoms with Gasteiger partial charge in [0.25, 0.3) is 0 Å². The first-order valence-electron chi connectivity index (χ1n) is 10.1. The Labute approximate surface area is 157 Å². The Bertz CT molecular complexity index is 651. The third-order valence-electron chi connectivity index (χ3n) is 6.58. The fourth-order valence-electron chi connectivity index (χ4n) is 4.69. The number of nitrogens with one attached hydrogen (secondary N) is 2. The number of anilines is 1. The lowest BCUT2D eigenvalue weighted by atomic mass is 9.65. The Kier molecular flexibility index (Phi) is 4.96. The van der Waals surface area contributed by atoms with Gasteiger partial charge < -0.3 is 20.3 Å². The number of rotatable bonds is 6. The average Bonchev–Trinajstić information content (AvgIpc) is 3.38. The summed E-state index contributed by atoms with van der Waals surface area (Å²) < 4.78 is 5.52. The molecule has 1 heterocycles. The van der Waals surface area contributed by atoms with Crippen LogP contribution in [0, 0.1) is 11.3 Å². The minimum absolute atomic E-state index is 0.421. The van der Waals surface area contributed by atoms with E-state index in [2.05, 4.69) is 32.7 Å². The lowest BCUT2D eigenvalue weighted by Crippen LogP contribution is -2.50. The van der Waals surface area contributed by atoms with Crippen molar-refractivity contribution in [2.45, 2.75) is 44.6 Å². The SMILES string of the molecule is CN=C(NCC1(C2CC2)CCC1)NC1CCN(c2ccccc2OC)C1. The summed E-state index contributed by atoms with van der Waals surface area (Å²) in [5, 5.41) is 7.27. The molecule has 4 rings (SSSR count). The number of ether oxygens (including phenoxy) is 1. The molecule has 3 fully saturated rings. The Morgan fingerprint density at radius 3 is 2.73 bits per heavy atom. The van der Waals surface area contributed by atoms with Crippen LogP contribution < -0.4 is 20.3 Å². The minimum atomic E-state index is 0.421. The number of guanidine groups is 1. The summed E-state index contributed by atoms with van der Waals surface area (Å²) in [4.78, 5) is 6.88. The van der Waals surface area contributed by atoms with Crippen LogP contribution >= 0.6 is 0 Å². The Balaban J connectivity index is 1.31. The van der Waals surface area contributed by atoms with Crippen LogP contribution in [-0.4, -0.2) is 45.8 Å². The van der Waals surface area contributed by atoms with Crippen molar-refractivity contribution in [2.75, 3.05) is 38.7 Å². The number of methoxy groups -OCH3 is 1. The molecule has 0 aromatic heterocycles. The summed E-state index contributed by atoms with van der Waals surface area (Å²) in [5.41, 5.74) is 1.75. The molecule has 0 bridgehead atoms. The summed E-state index contributed by atoms with van der Waals surface area (Å²) >= 11 is 0. The molecule has 0 radical (unpaired) electrons. The van der Waals surface area contributed by atoms with Gasteiger partial charge in [0.1, 0.15) is 5.75 Å². The van der Waals surface area contributed by atoms with E-state index in [4.69, 9.17) is 4.74 Å². The maximum Gasteiger partial charge on any atom is 0.191 e. The highest BCUT2D eigenvalue weighted by Gasteiger charge is 2.48. The molecule has 2 saturated carbocycles. The number of hydrogen-bond acceptors (Lipinski definition) is 3. The van der Waals surface area contributed by atoms with E-state index in [1.54, 1.807) is 7.11 Å². The lowest BCUT2D eigenvalue weighted by Gasteiger charge is -2.43. The van der Waals surface area contributed by atoms with Crippen LogP contribution in [0.5, 0.6) is 5.75 Å². The summed E-state index contributed by atoms with van der Waals surface area (Å²) in [6.45, 7) is 3.11. The molecule has 1 aromatic rings. The molecule has 3 aliphatic rings. The fraction of sp³-hybridized carbons (Fsp3) is 0.667. The molecule has 2 aliphatic carbocycles. The molecule has 26 heavy (non-hydrogen) atoms. The largest absolute Gasteiger partial charge is 0.495 e. The summed E-state index contributed by atoms with van der Waals surface area (Å²) in [6.07, 6.45) is 8.18. The van der Waals surface area contributed by atoms with Gasteiger partial charge in [-0.2, -0.15) is 0 Å². The van der Waals surface area contributed by atoms with E-state index in [0.717, 1.165) is 43.7 Å². The number of para-hydroxylation sites is 2. The van der Waals surface area contributed by atoms with Crippen molar-refractivity contribution in [1.29, 1.82) is 0 Å². The van der Waals surface area contributed by atoms with E-state index in [0.29, 0.717) is 11.5 Å². The zero-order chi connectivity index (χ0) is 18.0. The van der Waals surface area contributed by atoms with Gasteiger partial charge in [0.05, 0.1) is 12.8 Å². The van der Waals surface area contributed by atoms with Gasteiger partial charge >= 0.3 is 0 Å². The van der Waals surface area contributed by atoms with E-state index in [1.807, 2.05) is 19.2 Å². The van der Waals surface area contributed by atoms with Crippen molar-refractivity contribution in [2.24, 2.45) is 16.3 Å². The van der Waals surface area contributed by atoms with Gasteiger partial charge in [0.15, 0.2) is 5.96 Å². The van der Waals surface area contributed by atoms with E-state index in [-0.39, 0.29) is 0 Å². The topological polar surface area (TPSA) is 48.9 Å². The van der Waals surface area contributed by atoms with E-state index >= 15 is 0 Å². The predicted octanol–water partition coefficient (Wildman–Crippen LogP) is 3.02. The van der Waals surface area contributed by atoms with Gasteiger partial charge in [-0.3, -0.25) is 4.99 Å². The zero-order valence-electron chi connectivity index (χ0n) is 16.1. The van der Waals surface area contributed by atoms with E-state index < -0.39 is 0 Å². The summed E-state index contributed by atoms with van der Waals surface area (Å²) in [7, 11) is 3.62. The standard InChI is InChI=1S/C21H32N4O/c1-22-20(23-15-21(11-5-12-21)16-8-9-16)24-17-10-13-25(14-17)18-6-3-4-7-19(18)26-2/h3-4,6-7,16-17H,5,8-15H2,1-2H3,(H2,22,23,24). The van der Waals surface area contributed by atoms with Crippen LogP contribution in [0.25, 0.3) is 0 Å². The van der Waals surface area contributed by atoms with Crippen LogP contribution in [0.15, 0.2) is 29.3 Å². The predicted molar refractivity (Wildman–Crippen MR) is 107 cm³/mol. The van der Waals surface area contributed by atoms with Crippen molar-refractivity contribution in [3.05, 3.63) is 24.3 Å². The zero-order valence-corrected chi connectivity index (χ0v) is 16.1. The van der Waals surface area contributed by atoms with E-state index in [1.165, 1.54) is 37.8 Å². The van der Waals surface area contributed by atoms with Crippen molar-refractivity contribution in [3.63, 3.8) is 0 Å². The first kappa shape index (κ1) is 17.5. The summed E-state index contributed by atoms with van der Waals surface area (Å²) in [5.74, 6) is 2.88. The molecule has 1 atom stereocenters. The highest BCUT2D eigenvalue weighted by Crippen LogP contribution is 2.56. The molecule has 1 unspecified atom stereocenters. The minimum Gasteiger partial charge on any atom is -0.495 e. The second-order valence-electron chi connectivity index (χ2n) is 8.16. The van der Waals surface area contributed by atoms with Crippen LogP contribution in [-0.2, 0) is 0 Å². The van der Waals surface area contributed by atoms with E-state index in [9.17, 15) is 0 Å². The maximum absolute atomic E-state index is 5.52. The molecule has 2 N–H and O–H groups in total. The monoisotopic (exact) mass is 356 g/mol. The maximum atomic E-state index is 5.52. The fourth-order valence-corrected chi connectivity index (χ4v) is 4.69. The van der Waals surface area contributed by atoms with Crippen LogP contribution in [0.4, 0.5) is 5.69 Å². The third kappa shape index (κ3) is 3.49. The molecular weight excluding hydrogens is 324 g/mol. The number of hydrogen-bond donors (Lipinski definition) is 2. The van der Waals surface area contributed by atoms with Gasteiger partial charge in [-0.15, -0.1) is 0 Å². The van der Waals surface area contributed by atoms with Crippen molar-refractivity contribution >= 4 is 11.6 Å². The molecular formula is C21H32N4O. The Morgan fingerprint density at radius 1 is 1.27 bits per heavy atom. The van der Waals surface area contributed by atoms with Gasteiger partial charge in [0, 0.05) is 32.7 Å². The van der Waals surface area contributed by atoms with Crippen molar-refractivity contribution in [3.8, 4) is 5.75 Å². The van der Waals surface area contributed by atoms with Crippen LogP contribution in [0.2, 0.25) is 0 Å². The van der Waals surface area contributed by atoms with Crippen molar-refractivity contribution in [1.82, 2.24) is 10.6 Å². The lowest BCUT2D eigenvalue weighted by molar-refractivity contribution is 0.106. The molecule has 1 saturated heterocycles.